The second-order valence-electron chi connectivity index (χ2n) is 3.18. The van der Waals surface area contributed by atoms with Crippen LogP contribution in [0.5, 0.6) is 5.75 Å². The number of fused-ring (bicyclic) bond motifs is 1. The summed E-state index contributed by atoms with van der Waals surface area (Å²) in [5.74, 6) is -0.556. The molecule has 0 radical (unpaired) electrons. The molecule has 1 aromatic heterocycles. The van der Waals surface area contributed by atoms with Crippen molar-refractivity contribution in [1.82, 2.24) is 4.98 Å². The number of aromatic nitrogens is 1. The summed E-state index contributed by atoms with van der Waals surface area (Å²) in [6.45, 7) is 0. The van der Waals surface area contributed by atoms with E-state index in [0.717, 1.165) is 5.39 Å². The van der Waals surface area contributed by atoms with Gasteiger partial charge in [-0.2, -0.15) is 0 Å². The quantitative estimate of drug-likeness (QED) is 0.872. The Morgan fingerprint density at radius 3 is 2.88 bits per heavy atom. The van der Waals surface area contributed by atoms with Gasteiger partial charge in [-0.15, -0.1) is 0 Å². The van der Waals surface area contributed by atoms with Gasteiger partial charge in [0, 0.05) is 11.6 Å². The molecule has 2 aromatic rings. The molecule has 0 saturated heterocycles. The summed E-state index contributed by atoms with van der Waals surface area (Å²) in [7, 11) is 1.51. The molecule has 16 heavy (non-hydrogen) atoms. The lowest BCUT2D eigenvalue weighted by Gasteiger charge is -2.07. The summed E-state index contributed by atoms with van der Waals surface area (Å²) in [5, 5.41) is 10.7. The molecule has 5 heteroatoms. The molecule has 0 unspecified atom stereocenters. The molecule has 0 amide bonds. The molecular weight excluding hydrogens is 230 g/mol. The van der Waals surface area contributed by atoms with E-state index >= 15 is 0 Å². The van der Waals surface area contributed by atoms with Crippen molar-refractivity contribution < 1.29 is 14.6 Å². The number of methoxy groups -OCH3 is 1. The number of pyridine rings is 1. The van der Waals surface area contributed by atoms with Crippen LogP contribution in [0.1, 0.15) is 10.5 Å². The van der Waals surface area contributed by atoms with Crippen molar-refractivity contribution in [3.05, 3.63) is 35.1 Å². The number of hydrogen-bond donors (Lipinski definition) is 1. The lowest BCUT2D eigenvalue weighted by molar-refractivity contribution is 0.0690. The number of hydrogen-bond acceptors (Lipinski definition) is 3. The van der Waals surface area contributed by atoms with Gasteiger partial charge in [-0.25, -0.2) is 9.78 Å². The topological polar surface area (TPSA) is 59.4 Å². The van der Waals surface area contributed by atoms with Crippen molar-refractivity contribution in [2.75, 3.05) is 7.11 Å². The highest BCUT2D eigenvalue weighted by Gasteiger charge is 2.10. The number of nitrogens with zero attached hydrogens (tertiary/aromatic N) is 1. The molecule has 1 aromatic carbocycles. The summed E-state index contributed by atoms with van der Waals surface area (Å²) in [4.78, 5) is 14.6. The molecule has 0 aliphatic rings. The van der Waals surface area contributed by atoms with Crippen LogP contribution in [0.4, 0.5) is 0 Å². The molecule has 1 heterocycles. The van der Waals surface area contributed by atoms with Gasteiger partial charge in [0.15, 0.2) is 0 Å². The first-order chi connectivity index (χ1) is 7.63. The number of benzene rings is 1. The molecular formula is C11H8ClNO3. The van der Waals surface area contributed by atoms with Crippen LogP contribution in [0.3, 0.4) is 0 Å². The first kappa shape index (κ1) is 10.7. The number of ether oxygens (including phenoxy) is 1. The fraction of sp³-hybridized carbons (Fsp3) is 0.0909. The minimum Gasteiger partial charge on any atom is -0.494 e. The Morgan fingerprint density at radius 1 is 1.50 bits per heavy atom. The van der Waals surface area contributed by atoms with Crippen molar-refractivity contribution in [3.8, 4) is 5.75 Å². The summed E-state index contributed by atoms with van der Waals surface area (Å²) in [5.41, 5.74) is -0.00289. The van der Waals surface area contributed by atoms with Gasteiger partial charge < -0.3 is 9.84 Å². The molecule has 0 bridgehead atoms. The van der Waals surface area contributed by atoms with Gasteiger partial charge in [0.05, 0.1) is 12.1 Å². The van der Waals surface area contributed by atoms with Gasteiger partial charge in [0.25, 0.3) is 0 Å². The maximum atomic E-state index is 10.7. The highest BCUT2D eigenvalue weighted by atomic mass is 35.5. The Hall–Kier alpha value is -1.81. The molecule has 4 nitrogen and oxygen atoms in total. The minimum atomic E-state index is -1.06. The Kier molecular flexibility index (Phi) is 2.66. The van der Waals surface area contributed by atoms with Gasteiger partial charge in [-0.1, -0.05) is 17.7 Å². The molecule has 0 atom stereocenters. The summed E-state index contributed by atoms with van der Waals surface area (Å²) in [6.07, 6.45) is 1.45. The fourth-order valence-corrected chi connectivity index (χ4v) is 1.73. The van der Waals surface area contributed by atoms with Crippen molar-refractivity contribution >= 4 is 28.3 Å². The summed E-state index contributed by atoms with van der Waals surface area (Å²) < 4.78 is 5.14. The predicted molar refractivity (Wildman–Crippen MR) is 60.3 cm³/mol. The van der Waals surface area contributed by atoms with E-state index in [-0.39, 0.29) is 5.69 Å². The molecule has 0 spiro atoms. The van der Waals surface area contributed by atoms with Crippen LogP contribution in [0.15, 0.2) is 24.4 Å². The molecule has 2 rings (SSSR count). The monoisotopic (exact) mass is 237 g/mol. The highest BCUT2D eigenvalue weighted by Crippen LogP contribution is 2.32. The zero-order chi connectivity index (χ0) is 11.7. The van der Waals surface area contributed by atoms with Gasteiger partial charge in [0.2, 0.25) is 0 Å². The van der Waals surface area contributed by atoms with Gasteiger partial charge >= 0.3 is 5.97 Å². The van der Waals surface area contributed by atoms with E-state index in [4.69, 9.17) is 21.4 Å². The number of aromatic carboxylic acids is 1. The van der Waals surface area contributed by atoms with Crippen molar-refractivity contribution in [1.29, 1.82) is 0 Å². The minimum absolute atomic E-state index is 0.00289. The standard InChI is InChI=1S/C11H8ClNO3/c1-16-10-7-5-13-9(11(14)15)4-6(7)2-3-8(10)12/h2-5H,1H3,(H,14,15). The van der Waals surface area contributed by atoms with Crippen molar-refractivity contribution in [3.63, 3.8) is 0 Å². The number of carbonyl (C=O) groups is 1. The van der Waals surface area contributed by atoms with Crippen LogP contribution in [-0.4, -0.2) is 23.2 Å². The zero-order valence-electron chi connectivity index (χ0n) is 8.40. The van der Waals surface area contributed by atoms with Crippen molar-refractivity contribution in [2.45, 2.75) is 0 Å². The second-order valence-corrected chi connectivity index (χ2v) is 3.58. The number of carboxylic acid groups (broad SMARTS) is 1. The molecule has 0 saturated carbocycles. The third-order valence-electron chi connectivity index (χ3n) is 2.23. The van der Waals surface area contributed by atoms with Crippen LogP contribution < -0.4 is 4.74 Å². The maximum Gasteiger partial charge on any atom is 0.354 e. The summed E-state index contributed by atoms with van der Waals surface area (Å²) in [6, 6.07) is 4.87. The second kappa shape index (κ2) is 3.98. The fourth-order valence-electron chi connectivity index (χ4n) is 1.49. The number of carboxylic acids is 1. The number of rotatable bonds is 2. The van der Waals surface area contributed by atoms with E-state index in [9.17, 15) is 4.79 Å². The van der Waals surface area contributed by atoms with Crippen LogP contribution in [0, 0.1) is 0 Å². The average molecular weight is 238 g/mol. The number of halogens is 1. The van der Waals surface area contributed by atoms with Crippen LogP contribution in [0.25, 0.3) is 10.8 Å². The van der Waals surface area contributed by atoms with E-state index < -0.39 is 5.97 Å². The SMILES string of the molecule is COc1c(Cl)ccc2cc(C(=O)O)ncc12. The maximum absolute atomic E-state index is 10.7. The largest absolute Gasteiger partial charge is 0.494 e. The molecule has 0 aliphatic heterocycles. The highest BCUT2D eigenvalue weighted by molar-refractivity contribution is 6.33. The van der Waals surface area contributed by atoms with E-state index in [1.165, 1.54) is 19.4 Å². The Balaban J connectivity index is 2.73. The Bertz CT molecular complexity index is 568. The normalized spacial score (nSPS) is 10.4. The Labute approximate surface area is 96.4 Å². The molecule has 82 valence electrons. The zero-order valence-corrected chi connectivity index (χ0v) is 9.15. The van der Waals surface area contributed by atoms with Crippen LogP contribution >= 0.6 is 11.6 Å². The van der Waals surface area contributed by atoms with Gasteiger partial charge in [0.1, 0.15) is 11.4 Å². The van der Waals surface area contributed by atoms with Crippen LogP contribution in [0.2, 0.25) is 5.02 Å². The third kappa shape index (κ3) is 1.67. The van der Waals surface area contributed by atoms with E-state index in [1.54, 1.807) is 12.1 Å². The first-order valence-corrected chi connectivity index (χ1v) is 4.87. The van der Waals surface area contributed by atoms with E-state index in [1.807, 2.05) is 0 Å². The van der Waals surface area contributed by atoms with E-state index in [2.05, 4.69) is 4.98 Å². The van der Waals surface area contributed by atoms with Crippen LogP contribution in [-0.2, 0) is 0 Å². The van der Waals surface area contributed by atoms with Gasteiger partial charge in [-0.05, 0) is 17.5 Å². The lowest BCUT2D eigenvalue weighted by atomic mass is 10.1. The molecule has 1 N–H and O–H groups in total. The smallest absolute Gasteiger partial charge is 0.354 e. The summed E-state index contributed by atoms with van der Waals surface area (Å²) >= 11 is 5.94. The van der Waals surface area contributed by atoms with E-state index in [0.29, 0.717) is 16.2 Å². The van der Waals surface area contributed by atoms with Crippen molar-refractivity contribution in [2.24, 2.45) is 0 Å². The van der Waals surface area contributed by atoms with Gasteiger partial charge in [-0.3, -0.25) is 0 Å². The lowest BCUT2D eigenvalue weighted by Crippen LogP contribution is -1.99. The predicted octanol–water partition coefficient (Wildman–Crippen LogP) is 2.59. The average Bonchev–Trinajstić information content (AvgIpc) is 2.28. The molecule has 0 aliphatic carbocycles. The third-order valence-corrected chi connectivity index (χ3v) is 2.53. The first-order valence-electron chi connectivity index (χ1n) is 4.49. The Morgan fingerprint density at radius 2 is 2.25 bits per heavy atom. The molecule has 0 fully saturated rings.